The molecule has 1 heterocycles. The third-order valence-electron chi connectivity index (χ3n) is 3.94. The number of rotatable bonds is 7. The van der Waals surface area contributed by atoms with Gasteiger partial charge in [-0.25, -0.2) is 0 Å². The van der Waals surface area contributed by atoms with E-state index in [1.807, 2.05) is 60.8 Å². The molecule has 0 aliphatic rings. The summed E-state index contributed by atoms with van der Waals surface area (Å²) in [6.45, 7) is 3.06. The number of hydrogen-bond acceptors (Lipinski definition) is 4. The van der Waals surface area contributed by atoms with Gasteiger partial charge >= 0.3 is 0 Å². The molecule has 0 aliphatic carbocycles. The second-order valence-electron chi connectivity index (χ2n) is 5.60. The van der Waals surface area contributed by atoms with Crippen LogP contribution in [0.5, 0.6) is 11.5 Å². The summed E-state index contributed by atoms with van der Waals surface area (Å²) in [5.41, 5.74) is 1.36. The van der Waals surface area contributed by atoms with E-state index in [0.29, 0.717) is 24.5 Å². The Morgan fingerprint density at radius 2 is 1.81 bits per heavy atom. The average Bonchev–Trinajstić information content (AvgIpc) is 3.20. The molecule has 0 unspecified atom stereocenters. The Morgan fingerprint density at radius 1 is 1.04 bits per heavy atom. The first-order valence-electron chi connectivity index (χ1n) is 8.43. The summed E-state index contributed by atoms with van der Waals surface area (Å²) in [5.74, 6) is 1.26. The summed E-state index contributed by atoms with van der Waals surface area (Å²) >= 11 is 1.63. The van der Waals surface area contributed by atoms with Gasteiger partial charge in [-0.1, -0.05) is 18.2 Å². The largest absolute Gasteiger partial charge is 0.496 e. The van der Waals surface area contributed by atoms with Crippen molar-refractivity contribution < 1.29 is 14.3 Å². The van der Waals surface area contributed by atoms with E-state index in [1.54, 1.807) is 35.5 Å². The second-order valence-corrected chi connectivity index (χ2v) is 6.63. The molecule has 0 saturated carbocycles. The van der Waals surface area contributed by atoms with E-state index >= 15 is 0 Å². The zero-order valence-corrected chi connectivity index (χ0v) is 15.7. The Hall–Kier alpha value is -2.79. The van der Waals surface area contributed by atoms with Gasteiger partial charge in [-0.3, -0.25) is 4.79 Å². The molecule has 2 aromatic carbocycles. The van der Waals surface area contributed by atoms with Gasteiger partial charge in [-0.15, -0.1) is 11.3 Å². The molecular formula is C21H21NO3S. The van der Waals surface area contributed by atoms with E-state index < -0.39 is 0 Å². The molecule has 3 aromatic rings. The molecule has 0 radical (unpaired) electrons. The smallest absolute Gasteiger partial charge is 0.262 e. The maximum atomic E-state index is 13.3. The van der Waals surface area contributed by atoms with Crippen molar-refractivity contribution in [3.05, 3.63) is 76.5 Å². The van der Waals surface area contributed by atoms with E-state index in [9.17, 15) is 4.79 Å². The summed E-state index contributed by atoms with van der Waals surface area (Å²) in [7, 11) is 1.58. The van der Waals surface area contributed by atoms with Crippen LogP contribution >= 0.6 is 11.3 Å². The van der Waals surface area contributed by atoms with E-state index in [1.165, 1.54) is 0 Å². The highest BCUT2D eigenvalue weighted by molar-refractivity contribution is 7.09. The third kappa shape index (κ3) is 4.06. The van der Waals surface area contributed by atoms with Gasteiger partial charge in [0.1, 0.15) is 11.5 Å². The molecule has 0 spiro atoms. The van der Waals surface area contributed by atoms with Crippen LogP contribution in [0.3, 0.4) is 0 Å². The lowest BCUT2D eigenvalue weighted by atomic mass is 10.1. The van der Waals surface area contributed by atoms with Crippen molar-refractivity contribution in [2.24, 2.45) is 0 Å². The first-order chi connectivity index (χ1) is 12.7. The fourth-order valence-electron chi connectivity index (χ4n) is 2.69. The number of anilines is 1. The molecule has 1 amide bonds. The van der Waals surface area contributed by atoms with Crippen molar-refractivity contribution in [2.75, 3.05) is 18.6 Å². The molecule has 0 fully saturated rings. The lowest BCUT2D eigenvalue weighted by Crippen LogP contribution is -2.30. The molecule has 0 atom stereocenters. The van der Waals surface area contributed by atoms with Crippen molar-refractivity contribution in [3.8, 4) is 11.5 Å². The molecule has 4 nitrogen and oxygen atoms in total. The maximum absolute atomic E-state index is 13.3. The highest BCUT2D eigenvalue weighted by atomic mass is 32.1. The number of carbonyl (C=O) groups excluding carboxylic acids is 1. The number of carbonyl (C=O) groups is 1. The monoisotopic (exact) mass is 367 g/mol. The number of benzene rings is 2. The van der Waals surface area contributed by atoms with Crippen LogP contribution in [0.4, 0.5) is 5.69 Å². The Bertz CT molecular complexity index is 844. The van der Waals surface area contributed by atoms with Crippen molar-refractivity contribution in [3.63, 3.8) is 0 Å². The molecule has 26 heavy (non-hydrogen) atoms. The van der Waals surface area contributed by atoms with Crippen molar-refractivity contribution in [1.82, 2.24) is 0 Å². The van der Waals surface area contributed by atoms with Gasteiger partial charge in [-0.05, 0) is 54.8 Å². The van der Waals surface area contributed by atoms with Crippen LogP contribution in [0.15, 0.2) is 66.0 Å². The average molecular weight is 367 g/mol. The topological polar surface area (TPSA) is 38.8 Å². The number of ether oxygens (including phenoxy) is 2. The minimum absolute atomic E-state index is 0.0972. The van der Waals surface area contributed by atoms with Crippen molar-refractivity contribution in [2.45, 2.75) is 13.5 Å². The molecule has 134 valence electrons. The Morgan fingerprint density at radius 3 is 2.46 bits per heavy atom. The van der Waals surface area contributed by atoms with Crippen LogP contribution in [-0.2, 0) is 6.54 Å². The number of para-hydroxylation sites is 1. The van der Waals surface area contributed by atoms with E-state index in [4.69, 9.17) is 9.47 Å². The van der Waals surface area contributed by atoms with Gasteiger partial charge in [0.25, 0.3) is 5.91 Å². The predicted molar refractivity (Wildman–Crippen MR) is 105 cm³/mol. The lowest BCUT2D eigenvalue weighted by molar-refractivity contribution is 0.0982. The standard InChI is InChI=1S/C21H21NO3S/c1-3-25-17-12-10-16(11-13-17)22(15-18-7-6-14-26-18)21(23)19-8-4-5-9-20(19)24-2/h4-14H,3,15H2,1-2H3. The first-order valence-corrected chi connectivity index (χ1v) is 9.31. The normalized spacial score (nSPS) is 10.4. The molecule has 1 aromatic heterocycles. The van der Waals surface area contributed by atoms with Crippen molar-refractivity contribution in [1.29, 1.82) is 0 Å². The summed E-state index contributed by atoms with van der Waals surface area (Å²) in [6, 6.07) is 18.9. The Balaban J connectivity index is 1.96. The van der Waals surface area contributed by atoms with E-state index in [0.717, 1.165) is 16.3 Å². The molecular weight excluding hydrogens is 346 g/mol. The lowest BCUT2D eigenvalue weighted by Gasteiger charge is -2.23. The van der Waals surface area contributed by atoms with Gasteiger partial charge < -0.3 is 14.4 Å². The summed E-state index contributed by atoms with van der Waals surface area (Å²) in [4.78, 5) is 16.2. The minimum atomic E-state index is -0.0972. The molecule has 0 N–H and O–H groups in total. The fraction of sp³-hybridized carbons (Fsp3) is 0.190. The van der Waals surface area contributed by atoms with Crippen LogP contribution in [0.2, 0.25) is 0 Å². The maximum Gasteiger partial charge on any atom is 0.262 e. The summed E-state index contributed by atoms with van der Waals surface area (Å²) in [6.07, 6.45) is 0. The first kappa shape index (κ1) is 18.0. The van der Waals surface area contributed by atoms with Gasteiger partial charge in [-0.2, -0.15) is 0 Å². The van der Waals surface area contributed by atoms with Gasteiger partial charge in [0, 0.05) is 10.6 Å². The van der Waals surface area contributed by atoms with Crippen LogP contribution < -0.4 is 14.4 Å². The second kappa shape index (κ2) is 8.54. The van der Waals surface area contributed by atoms with Gasteiger partial charge in [0.2, 0.25) is 0 Å². The SMILES string of the molecule is CCOc1ccc(N(Cc2cccs2)C(=O)c2ccccc2OC)cc1. The molecule has 0 saturated heterocycles. The van der Waals surface area contributed by atoms with Gasteiger partial charge in [0.15, 0.2) is 0 Å². The molecule has 3 rings (SSSR count). The quantitative estimate of drug-likeness (QED) is 0.590. The van der Waals surface area contributed by atoms with E-state index in [-0.39, 0.29) is 5.91 Å². The highest BCUT2D eigenvalue weighted by Gasteiger charge is 2.21. The number of hydrogen-bond donors (Lipinski definition) is 0. The van der Waals surface area contributed by atoms with Crippen LogP contribution in [0.1, 0.15) is 22.2 Å². The predicted octanol–water partition coefficient (Wildman–Crippen LogP) is 5.00. The van der Waals surface area contributed by atoms with Crippen LogP contribution in [0, 0.1) is 0 Å². The van der Waals surface area contributed by atoms with Crippen LogP contribution in [0.25, 0.3) is 0 Å². The third-order valence-corrected chi connectivity index (χ3v) is 4.80. The molecule has 0 aliphatic heterocycles. The Labute approximate surface area is 157 Å². The van der Waals surface area contributed by atoms with Crippen molar-refractivity contribution >= 4 is 22.9 Å². The summed E-state index contributed by atoms with van der Waals surface area (Å²) in [5, 5.41) is 2.01. The zero-order chi connectivity index (χ0) is 18.4. The number of amides is 1. The molecule has 5 heteroatoms. The van der Waals surface area contributed by atoms with Crippen LogP contribution in [-0.4, -0.2) is 19.6 Å². The van der Waals surface area contributed by atoms with Gasteiger partial charge in [0.05, 0.1) is 25.8 Å². The summed E-state index contributed by atoms with van der Waals surface area (Å²) < 4.78 is 10.9. The molecule has 0 bridgehead atoms. The highest BCUT2D eigenvalue weighted by Crippen LogP contribution is 2.27. The fourth-order valence-corrected chi connectivity index (χ4v) is 3.39. The number of thiophene rings is 1. The minimum Gasteiger partial charge on any atom is -0.496 e. The number of methoxy groups -OCH3 is 1. The number of nitrogens with zero attached hydrogens (tertiary/aromatic N) is 1. The van der Waals surface area contributed by atoms with E-state index in [2.05, 4.69) is 0 Å². The zero-order valence-electron chi connectivity index (χ0n) is 14.8. The Kier molecular flexibility index (Phi) is 5.92.